The van der Waals surface area contributed by atoms with Crippen molar-refractivity contribution in [1.82, 2.24) is 9.21 Å². The van der Waals surface area contributed by atoms with Crippen molar-refractivity contribution in [2.75, 3.05) is 39.4 Å². The molecule has 1 spiro atoms. The lowest BCUT2D eigenvalue weighted by molar-refractivity contribution is -0.181. The van der Waals surface area contributed by atoms with Crippen LogP contribution in [0.2, 0.25) is 0 Å². The molecule has 0 atom stereocenters. The first-order chi connectivity index (χ1) is 13.0. The second-order valence-electron chi connectivity index (χ2n) is 7.39. The first kappa shape index (κ1) is 18.9. The van der Waals surface area contributed by atoms with Gasteiger partial charge in [0.15, 0.2) is 5.79 Å². The molecule has 27 heavy (non-hydrogen) atoms. The molecule has 1 aromatic rings. The zero-order chi connectivity index (χ0) is 18.9. The Morgan fingerprint density at radius 2 is 1.63 bits per heavy atom. The van der Waals surface area contributed by atoms with E-state index in [1.165, 1.54) is 10.4 Å². The Morgan fingerprint density at radius 3 is 2.30 bits per heavy atom. The van der Waals surface area contributed by atoms with E-state index >= 15 is 0 Å². The van der Waals surface area contributed by atoms with Crippen LogP contribution in [0.25, 0.3) is 0 Å². The molecule has 1 amide bonds. The van der Waals surface area contributed by atoms with Gasteiger partial charge in [0.05, 0.1) is 18.1 Å². The van der Waals surface area contributed by atoms with Gasteiger partial charge >= 0.3 is 0 Å². The van der Waals surface area contributed by atoms with Gasteiger partial charge in [-0.15, -0.1) is 0 Å². The van der Waals surface area contributed by atoms with E-state index in [9.17, 15) is 13.2 Å². The van der Waals surface area contributed by atoms with Crippen molar-refractivity contribution in [1.29, 1.82) is 0 Å². The average Bonchev–Trinajstić information content (AvgIpc) is 3.17. The Hall–Kier alpha value is -1.48. The Morgan fingerprint density at radius 1 is 0.963 bits per heavy atom. The topological polar surface area (TPSA) is 76.2 Å². The monoisotopic (exact) mass is 394 g/mol. The summed E-state index contributed by atoms with van der Waals surface area (Å²) in [6, 6.07) is 6.43. The minimum atomic E-state index is -3.54. The molecule has 7 nitrogen and oxygen atoms in total. The number of piperidine rings is 2. The van der Waals surface area contributed by atoms with E-state index < -0.39 is 15.8 Å². The first-order valence-electron chi connectivity index (χ1n) is 9.68. The number of hydrogen-bond acceptors (Lipinski definition) is 5. The second-order valence-corrected chi connectivity index (χ2v) is 9.33. The molecule has 3 saturated heterocycles. The molecule has 0 aromatic heterocycles. The van der Waals surface area contributed by atoms with E-state index in [1.807, 2.05) is 0 Å². The zero-order valence-electron chi connectivity index (χ0n) is 15.4. The number of carbonyl (C=O) groups is 1. The van der Waals surface area contributed by atoms with Crippen LogP contribution in [0.1, 0.15) is 42.5 Å². The van der Waals surface area contributed by atoms with Crippen LogP contribution in [-0.4, -0.2) is 68.7 Å². The van der Waals surface area contributed by atoms with E-state index in [2.05, 4.69) is 0 Å². The molecule has 0 radical (unpaired) electrons. The molecule has 0 unspecified atom stereocenters. The highest BCUT2D eigenvalue weighted by Gasteiger charge is 2.41. The second kappa shape index (κ2) is 7.50. The third-order valence-corrected chi connectivity index (χ3v) is 7.55. The number of ether oxygens (including phenoxy) is 2. The van der Waals surface area contributed by atoms with Gasteiger partial charge in [-0.05, 0) is 31.0 Å². The van der Waals surface area contributed by atoms with Gasteiger partial charge in [0.25, 0.3) is 5.91 Å². The highest BCUT2D eigenvalue weighted by Crippen LogP contribution is 2.32. The molecular formula is C19H26N2O5S. The van der Waals surface area contributed by atoms with Crippen LogP contribution in [0.3, 0.4) is 0 Å². The Bertz CT molecular complexity index is 788. The van der Waals surface area contributed by atoms with Gasteiger partial charge < -0.3 is 14.4 Å². The minimum absolute atomic E-state index is 0.140. The zero-order valence-corrected chi connectivity index (χ0v) is 16.2. The van der Waals surface area contributed by atoms with E-state index in [0.29, 0.717) is 57.8 Å². The third-order valence-electron chi connectivity index (χ3n) is 5.66. The van der Waals surface area contributed by atoms with Crippen LogP contribution in [0.5, 0.6) is 0 Å². The number of likely N-dealkylation sites (tertiary alicyclic amines) is 1. The summed E-state index contributed by atoms with van der Waals surface area (Å²) >= 11 is 0. The summed E-state index contributed by atoms with van der Waals surface area (Å²) in [5.74, 6) is -0.672. The molecule has 8 heteroatoms. The fraction of sp³-hybridized carbons (Fsp3) is 0.632. The number of sulfonamides is 1. The van der Waals surface area contributed by atoms with Crippen LogP contribution in [0, 0.1) is 0 Å². The van der Waals surface area contributed by atoms with Crippen LogP contribution in [-0.2, 0) is 19.5 Å². The van der Waals surface area contributed by atoms with Crippen LogP contribution < -0.4 is 0 Å². The molecule has 3 aliphatic rings. The maximum Gasteiger partial charge on any atom is 0.253 e. The number of amides is 1. The van der Waals surface area contributed by atoms with Crippen molar-refractivity contribution in [3.63, 3.8) is 0 Å². The van der Waals surface area contributed by atoms with E-state index in [-0.39, 0.29) is 10.8 Å². The van der Waals surface area contributed by atoms with E-state index in [0.717, 1.165) is 19.3 Å². The molecule has 3 fully saturated rings. The fourth-order valence-electron chi connectivity index (χ4n) is 4.06. The van der Waals surface area contributed by atoms with E-state index in [4.69, 9.17) is 9.47 Å². The predicted molar refractivity (Wildman–Crippen MR) is 98.8 cm³/mol. The number of hydrogen-bond donors (Lipinski definition) is 0. The fourth-order valence-corrected chi connectivity index (χ4v) is 5.63. The smallest absolute Gasteiger partial charge is 0.253 e. The Labute approximate surface area is 160 Å². The summed E-state index contributed by atoms with van der Waals surface area (Å²) in [7, 11) is -3.54. The summed E-state index contributed by atoms with van der Waals surface area (Å²) in [5, 5.41) is 0. The van der Waals surface area contributed by atoms with Crippen LogP contribution in [0.4, 0.5) is 0 Å². The average molecular weight is 394 g/mol. The lowest BCUT2D eigenvalue weighted by Gasteiger charge is -2.37. The standard InChI is InChI=1S/C19H26N2O5S/c22-18(20-11-7-19(8-12-20)25-13-14-26-19)16-5-4-6-17(15-16)27(23,24)21-9-2-1-3-10-21/h4-6,15H,1-3,7-14H2. The normalized spacial score (nSPS) is 23.6. The number of carbonyl (C=O) groups excluding carboxylic acids is 1. The van der Waals surface area contributed by atoms with Gasteiger partial charge in [-0.25, -0.2) is 8.42 Å². The summed E-state index contributed by atoms with van der Waals surface area (Å²) in [4.78, 5) is 14.8. The molecule has 3 aliphatic heterocycles. The molecule has 0 saturated carbocycles. The van der Waals surface area contributed by atoms with Crippen molar-refractivity contribution in [3.05, 3.63) is 29.8 Å². The first-order valence-corrected chi connectivity index (χ1v) is 11.1. The maximum absolute atomic E-state index is 12.9. The summed E-state index contributed by atoms with van der Waals surface area (Å²) in [6.07, 6.45) is 4.12. The predicted octanol–water partition coefficient (Wildman–Crippen LogP) is 1.84. The van der Waals surface area contributed by atoms with Gasteiger partial charge in [-0.2, -0.15) is 4.31 Å². The quantitative estimate of drug-likeness (QED) is 0.782. The van der Waals surface area contributed by atoms with Gasteiger partial charge in [-0.3, -0.25) is 4.79 Å². The van der Waals surface area contributed by atoms with Gasteiger partial charge in [0.2, 0.25) is 10.0 Å². The lowest BCUT2D eigenvalue weighted by atomic mass is 10.0. The Kier molecular flexibility index (Phi) is 5.24. The van der Waals surface area contributed by atoms with Gasteiger partial charge in [-0.1, -0.05) is 12.5 Å². The van der Waals surface area contributed by atoms with Gasteiger partial charge in [0.1, 0.15) is 0 Å². The summed E-state index contributed by atoms with van der Waals surface area (Å²) in [6.45, 7) is 3.39. The van der Waals surface area contributed by atoms with Crippen molar-refractivity contribution < 1.29 is 22.7 Å². The third kappa shape index (κ3) is 3.76. The maximum atomic E-state index is 12.9. The Balaban J connectivity index is 1.48. The van der Waals surface area contributed by atoms with E-state index in [1.54, 1.807) is 23.1 Å². The van der Waals surface area contributed by atoms with Crippen molar-refractivity contribution >= 4 is 15.9 Å². The van der Waals surface area contributed by atoms with Crippen LogP contribution >= 0.6 is 0 Å². The number of nitrogens with zero attached hydrogens (tertiary/aromatic N) is 2. The molecule has 0 aliphatic carbocycles. The summed E-state index contributed by atoms with van der Waals surface area (Å²) in [5.41, 5.74) is 0.414. The SMILES string of the molecule is O=C(c1cccc(S(=O)(=O)N2CCCCC2)c1)N1CCC2(CC1)OCCO2. The van der Waals surface area contributed by atoms with Crippen molar-refractivity contribution in [2.45, 2.75) is 42.8 Å². The molecule has 0 N–H and O–H groups in total. The highest BCUT2D eigenvalue weighted by molar-refractivity contribution is 7.89. The minimum Gasteiger partial charge on any atom is -0.347 e. The highest BCUT2D eigenvalue weighted by atomic mass is 32.2. The van der Waals surface area contributed by atoms with Gasteiger partial charge in [0, 0.05) is 44.6 Å². The lowest BCUT2D eigenvalue weighted by Crippen LogP contribution is -2.47. The number of rotatable bonds is 3. The number of benzene rings is 1. The van der Waals surface area contributed by atoms with Crippen LogP contribution in [0.15, 0.2) is 29.2 Å². The molecule has 4 rings (SSSR count). The molecule has 3 heterocycles. The van der Waals surface area contributed by atoms with Crippen molar-refractivity contribution in [2.24, 2.45) is 0 Å². The van der Waals surface area contributed by atoms with Crippen molar-refractivity contribution in [3.8, 4) is 0 Å². The molecule has 148 valence electrons. The molecule has 0 bridgehead atoms. The largest absolute Gasteiger partial charge is 0.347 e. The summed E-state index contributed by atoms with van der Waals surface area (Å²) < 4.78 is 38.7. The molecule has 1 aromatic carbocycles. The molecular weight excluding hydrogens is 368 g/mol.